The van der Waals surface area contributed by atoms with Gasteiger partial charge in [0.25, 0.3) is 0 Å². The predicted octanol–water partition coefficient (Wildman–Crippen LogP) is 7.79. The van der Waals surface area contributed by atoms with Crippen LogP contribution in [-0.2, 0) is 12.5 Å². The van der Waals surface area contributed by atoms with Crippen LogP contribution in [0.15, 0.2) is 66.7 Å². The second kappa shape index (κ2) is 10.4. The van der Waals surface area contributed by atoms with E-state index in [9.17, 15) is 13.2 Å². The molecule has 3 aromatic carbocycles. The van der Waals surface area contributed by atoms with E-state index in [1.54, 1.807) is 0 Å². The third-order valence-corrected chi connectivity index (χ3v) is 5.03. The normalized spacial score (nSPS) is 11.9. The van der Waals surface area contributed by atoms with Crippen molar-refractivity contribution in [3.63, 3.8) is 0 Å². The van der Waals surface area contributed by atoms with E-state index in [-0.39, 0.29) is 5.56 Å². The number of benzene rings is 3. The minimum atomic E-state index is -3.68. The van der Waals surface area contributed by atoms with Gasteiger partial charge in [-0.1, -0.05) is 50.1 Å². The van der Waals surface area contributed by atoms with E-state index in [1.165, 1.54) is 36.4 Å². The molecular formula is C26H27F3O2. The molecule has 0 saturated heterocycles. The molecule has 0 aliphatic rings. The van der Waals surface area contributed by atoms with Crippen LogP contribution in [0.2, 0.25) is 0 Å². The molecule has 0 heterocycles. The molecule has 0 aromatic heterocycles. The van der Waals surface area contributed by atoms with Crippen molar-refractivity contribution in [2.24, 2.45) is 0 Å². The lowest BCUT2D eigenvalue weighted by Crippen LogP contribution is -2.22. The first-order valence-corrected chi connectivity index (χ1v) is 10.6. The predicted molar refractivity (Wildman–Crippen MR) is 118 cm³/mol. The number of hydrogen-bond acceptors (Lipinski definition) is 2. The average molecular weight is 428 g/mol. The highest BCUT2D eigenvalue weighted by atomic mass is 19.3. The van der Waals surface area contributed by atoms with Gasteiger partial charge in [0.1, 0.15) is 12.4 Å². The SMILES string of the molecule is C/C=C/COc1ccc(C(F)(F)Oc2cc3ccc(CCCCC)cc3cc2F)cc1. The highest BCUT2D eigenvalue weighted by molar-refractivity contribution is 5.84. The minimum absolute atomic E-state index is 0.353. The molecule has 2 nitrogen and oxygen atoms in total. The summed E-state index contributed by atoms with van der Waals surface area (Å²) in [6, 6.07) is 13.6. The molecule has 0 spiro atoms. The lowest BCUT2D eigenvalue weighted by molar-refractivity contribution is -0.186. The van der Waals surface area contributed by atoms with Crippen molar-refractivity contribution < 1.29 is 22.6 Å². The van der Waals surface area contributed by atoms with Gasteiger partial charge in [-0.3, -0.25) is 0 Å². The summed E-state index contributed by atoms with van der Waals surface area (Å²) >= 11 is 0. The summed E-state index contributed by atoms with van der Waals surface area (Å²) in [6.45, 7) is 4.36. The van der Waals surface area contributed by atoms with E-state index in [4.69, 9.17) is 9.47 Å². The van der Waals surface area contributed by atoms with Gasteiger partial charge in [-0.25, -0.2) is 4.39 Å². The summed E-state index contributed by atoms with van der Waals surface area (Å²) in [7, 11) is 0. The number of rotatable bonds is 10. The molecule has 0 fully saturated rings. The van der Waals surface area contributed by atoms with Crippen molar-refractivity contribution in [2.75, 3.05) is 6.61 Å². The molecule has 0 aliphatic carbocycles. The smallest absolute Gasteiger partial charge is 0.426 e. The number of halogens is 3. The molecule has 31 heavy (non-hydrogen) atoms. The molecule has 0 aliphatic heterocycles. The number of hydrogen-bond donors (Lipinski definition) is 0. The summed E-state index contributed by atoms with van der Waals surface area (Å²) in [6.07, 6.45) is 4.20. The molecule has 3 aromatic rings. The third kappa shape index (κ3) is 6.03. The maximum Gasteiger partial charge on any atom is 0.426 e. The van der Waals surface area contributed by atoms with E-state index < -0.39 is 17.7 Å². The Morgan fingerprint density at radius 3 is 2.42 bits per heavy atom. The molecular weight excluding hydrogens is 401 g/mol. The monoisotopic (exact) mass is 428 g/mol. The van der Waals surface area contributed by atoms with Crippen molar-refractivity contribution in [1.82, 2.24) is 0 Å². The maximum atomic E-state index is 14.7. The Bertz CT molecular complexity index is 1030. The van der Waals surface area contributed by atoms with E-state index >= 15 is 0 Å². The largest absolute Gasteiger partial charge is 0.490 e. The second-order valence-corrected chi connectivity index (χ2v) is 7.44. The van der Waals surface area contributed by atoms with Gasteiger partial charge in [0.15, 0.2) is 11.6 Å². The van der Waals surface area contributed by atoms with Crippen LogP contribution in [0.3, 0.4) is 0 Å². The zero-order chi connectivity index (χ0) is 22.3. The molecule has 5 heteroatoms. The van der Waals surface area contributed by atoms with Gasteiger partial charge in [-0.15, -0.1) is 0 Å². The maximum absolute atomic E-state index is 14.7. The Labute approximate surface area is 181 Å². The van der Waals surface area contributed by atoms with Gasteiger partial charge in [0, 0.05) is 0 Å². The van der Waals surface area contributed by atoms with Crippen LogP contribution in [0.1, 0.15) is 44.2 Å². The number of alkyl halides is 2. The number of aryl methyl sites for hydroxylation is 1. The molecule has 3 rings (SSSR count). The van der Waals surface area contributed by atoms with Gasteiger partial charge in [0.2, 0.25) is 0 Å². The van der Waals surface area contributed by atoms with Crippen LogP contribution >= 0.6 is 0 Å². The van der Waals surface area contributed by atoms with Gasteiger partial charge >= 0.3 is 6.11 Å². The van der Waals surface area contributed by atoms with E-state index in [1.807, 2.05) is 37.3 Å². The summed E-state index contributed by atoms with van der Waals surface area (Å²) in [5.41, 5.74) is 0.729. The topological polar surface area (TPSA) is 18.5 Å². The molecule has 164 valence electrons. The van der Waals surface area contributed by atoms with E-state index in [0.717, 1.165) is 31.2 Å². The number of fused-ring (bicyclic) bond motifs is 1. The average Bonchev–Trinajstić information content (AvgIpc) is 2.75. The van der Waals surface area contributed by atoms with Crippen LogP contribution in [0.4, 0.5) is 13.2 Å². The lowest BCUT2D eigenvalue weighted by Gasteiger charge is -2.19. The van der Waals surface area contributed by atoms with E-state index in [0.29, 0.717) is 23.1 Å². The summed E-state index contributed by atoms with van der Waals surface area (Å²) in [5.74, 6) is -0.835. The van der Waals surface area contributed by atoms with Crippen molar-refractivity contribution in [1.29, 1.82) is 0 Å². The Morgan fingerprint density at radius 2 is 1.71 bits per heavy atom. The Balaban J connectivity index is 1.76. The van der Waals surface area contributed by atoms with Gasteiger partial charge in [0.05, 0.1) is 5.56 Å². The molecule has 0 unspecified atom stereocenters. The number of unbranched alkanes of at least 4 members (excludes halogenated alkanes) is 2. The third-order valence-electron chi connectivity index (χ3n) is 5.03. The summed E-state index contributed by atoms with van der Waals surface area (Å²) < 4.78 is 54.1. The number of allylic oxidation sites excluding steroid dienone is 1. The fourth-order valence-electron chi connectivity index (χ4n) is 3.29. The number of ether oxygens (including phenoxy) is 2. The Hall–Kier alpha value is -2.95. The summed E-state index contributed by atoms with van der Waals surface area (Å²) in [5, 5.41) is 1.32. The zero-order valence-electron chi connectivity index (χ0n) is 17.8. The first-order valence-electron chi connectivity index (χ1n) is 10.6. The molecule has 0 amide bonds. The standard InChI is InChI=1S/C26H27F3O2/c1-3-5-7-8-19-9-10-20-18-25(24(27)17-21(20)16-19)31-26(28,29)22-11-13-23(14-12-22)30-15-6-4-2/h4,6,9-14,16-18H,3,5,7-8,15H2,1-2H3/b6-4+. The lowest BCUT2D eigenvalue weighted by atomic mass is 10.0. The van der Waals surface area contributed by atoms with Crippen LogP contribution in [-0.4, -0.2) is 6.61 Å². The van der Waals surface area contributed by atoms with E-state index in [2.05, 4.69) is 6.92 Å². The molecule has 0 bridgehead atoms. The van der Waals surface area contributed by atoms with Crippen molar-refractivity contribution in [2.45, 2.75) is 45.6 Å². The van der Waals surface area contributed by atoms with Gasteiger partial charge in [-0.2, -0.15) is 8.78 Å². The van der Waals surface area contributed by atoms with Crippen molar-refractivity contribution in [3.8, 4) is 11.5 Å². The van der Waals surface area contributed by atoms with Gasteiger partial charge < -0.3 is 9.47 Å². The molecule has 0 radical (unpaired) electrons. The van der Waals surface area contributed by atoms with Crippen LogP contribution in [0, 0.1) is 5.82 Å². The fourth-order valence-corrected chi connectivity index (χ4v) is 3.29. The Morgan fingerprint density at radius 1 is 0.935 bits per heavy atom. The molecule has 0 saturated carbocycles. The fraction of sp³-hybridized carbons (Fsp3) is 0.308. The van der Waals surface area contributed by atoms with Crippen molar-refractivity contribution >= 4 is 10.8 Å². The summed E-state index contributed by atoms with van der Waals surface area (Å²) in [4.78, 5) is 0. The highest BCUT2D eigenvalue weighted by Gasteiger charge is 2.35. The van der Waals surface area contributed by atoms with Crippen molar-refractivity contribution in [3.05, 3.63) is 83.7 Å². The quantitative estimate of drug-likeness (QED) is 0.242. The van der Waals surface area contributed by atoms with Crippen LogP contribution in [0.25, 0.3) is 10.8 Å². The van der Waals surface area contributed by atoms with Crippen LogP contribution in [0.5, 0.6) is 11.5 Å². The minimum Gasteiger partial charge on any atom is -0.490 e. The molecule has 0 N–H and O–H groups in total. The Kier molecular flexibility index (Phi) is 7.61. The first-order chi connectivity index (χ1) is 14.9. The van der Waals surface area contributed by atoms with Crippen LogP contribution < -0.4 is 9.47 Å². The second-order valence-electron chi connectivity index (χ2n) is 7.44. The van der Waals surface area contributed by atoms with Gasteiger partial charge in [-0.05, 0) is 72.5 Å². The molecule has 0 atom stereocenters. The highest BCUT2D eigenvalue weighted by Crippen LogP contribution is 2.35. The first kappa shape index (κ1) is 22.7. The zero-order valence-corrected chi connectivity index (χ0v) is 17.8.